The first-order chi connectivity index (χ1) is 9.39. The summed E-state index contributed by atoms with van der Waals surface area (Å²) in [5, 5.41) is 0. The molecule has 20 heavy (non-hydrogen) atoms. The highest BCUT2D eigenvalue weighted by atomic mass is 16.5. The third-order valence-electron chi connectivity index (χ3n) is 4.06. The molecule has 0 radical (unpaired) electrons. The standard InChI is InChI=1S/C16H23N3O/c1-10(2)19-13(9-18-15(19)17)12-7-5-6-11-8-16(3,4)20-14(11)12/h5-7,10,13H,8-9H2,1-4H3,(H2,17,18). The fourth-order valence-corrected chi connectivity index (χ4v) is 3.28. The Morgan fingerprint density at radius 1 is 1.40 bits per heavy atom. The van der Waals surface area contributed by atoms with E-state index < -0.39 is 0 Å². The molecule has 2 heterocycles. The van der Waals surface area contributed by atoms with Gasteiger partial charge in [0, 0.05) is 18.0 Å². The van der Waals surface area contributed by atoms with Crippen LogP contribution in [0.2, 0.25) is 0 Å². The second kappa shape index (κ2) is 4.40. The number of aliphatic imine (C=N–C) groups is 1. The van der Waals surface area contributed by atoms with Gasteiger partial charge in [0.25, 0.3) is 0 Å². The highest BCUT2D eigenvalue weighted by Crippen LogP contribution is 2.42. The second-order valence-electron chi connectivity index (χ2n) is 6.59. The van der Waals surface area contributed by atoms with Crippen molar-refractivity contribution in [2.45, 2.75) is 51.8 Å². The number of nitrogens with zero attached hydrogens (tertiary/aromatic N) is 2. The summed E-state index contributed by atoms with van der Waals surface area (Å²) in [7, 11) is 0. The first kappa shape index (κ1) is 13.3. The van der Waals surface area contributed by atoms with Crippen LogP contribution >= 0.6 is 0 Å². The van der Waals surface area contributed by atoms with Crippen LogP contribution in [0.4, 0.5) is 0 Å². The van der Waals surface area contributed by atoms with Gasteiger partial charge in [-0.3, -0.25) is 4.99 Å². The van der Waals surface area contributed by atoms with E-state index in [0.29, 0.717) is 18.5 Å². The topological polar surface area (TPSA) is 50.8 Å². The van der Waals surface area contributed by atoms with E-state index in [0.717, 1.165) is 12.2 Å². The van der Waals surface area contributed by atoms with Crippen molar-refractivity contribution in [3.8, 4) is 5.75 Å². The summed E-state index contributed by atoms with van der Waals surface area (Å²) < 4.78 is 6.18. The van der Waals surface area contributed by atoms with Crippen molar-refractivity contribution in [3.63, 3.8) is 0 Å². The zero-order valence-corrected chi connectivity index (χ0v) is 12.7. The normalized spacial score (nSPS) is 23.8. The van der Waals surface area contributed by atoms with Gasteiger partial charge >= 0.3 is 0 Å². The number of benzene rings is 1. The van der Waals surface area contributed by atoms with Crippen molar-refractivity contribution in [2.24, 2.45) is 10.7 Å². The van der Waals surface area contributed by atoms with Crippen LogP contribution < -0.4 is 10.5 Å². The van der Waals surface area contributed by atoms with Crippen molar-refractivity contribution in [1.29, 1.82) is 0 Å². The number of rotatable bonds is 2. The molecule has 0 aliphatic carbocycles. The molecule has 2 aliphatic heterocycles. The maximum absolute atomic E-state index is 6.18. The lowest BCUT2D eigenvalue weighted by atomic mass is 9.97. The van der Waals surface area contributed by atoms with Crippen LogP contribution in [0.15, 0.2) is 23.2 Å². The van der Waals surface area contributed by atoms with Gasteiger partial charge in [-0.05, 0) is 33.3 Å². The van der Waals surface area contributed by atoms with Crippen molar-refractivity contribution in [3.05, 3.63) is 29.3 Å². The van der Waals surface area contributed by atoms with Gasteiger partial charge in [0.2, 0.25) is 0 Å². The van der Waals surface area contributed by atoms with E-state index in [1.54, 1.807) is 0 Å². The molecule has 1 atom stereocenters. The van der Waals surface area contributed by atoms with Crippen LogP contribution in [-0.2, 0) is 6.42 Å². The van der Waals surface area contributed by atoms with Gasteiger partial charge in [-0.25, -0.2) is 0 Å². The largest absolute Gasteiger partial charge is 0.487 e. The minimum atomic E-state index is -0.119. The van der Waals surface area contributed by atoms with Crippen LogP contribution in [-0.4, -0.2) is 29.0 Å². The molecule has 108 valence electrons. The van der Waals surface area contributed by atoms with Crippen molar-refractivity contribution in [1.82, 2.24) is 4.90 Å². The number of fused-ring (bicyclic) bond motifs is 1. The molecule has 0 saturated carbocycles. The molecule has 0 bridgehead atoms. The minimum Gasteiger partial charge on any atom is -0.487 e. The van der Waals surface area contributed by atoms with Gasteiger partial charge in [-0.1, -0.05) is 18.2 Å². The van der Waals surface area contributed by atoms with Gasteiger partial charge in [-0.15, -0.1) is 0 Å². The van der Waals surface area contributed by atoms with Gasteiger partial charge in [0.15, 0.2) is 5.96 Å². The van der Waals surface area contributed by atoms with E-state index in [9.17, 15) is 0 Å². The SMILES string of the molecule is CC(C)N1C(N)=NCC1c1cccc2c1OC(C)(C)C2. The molecule has 0 aromatic heterocycles. The fraction of sp³-hybridized carbons (Fsp3) is 0.562. The van der Waals surface area contributed by atoms with E-state index in [4.69, 9.17) is 10.5 Å². The first-order valence-electron chi connectivity index (χ1n) is 7.28. The Balaban J connectivity index is 2.00. The molecule has 3 rings (SSSR count). The number of hydrogen-bond donors (Lipinski definition) is 1. The highest BCUT2D eigenvalue weighted by molar-refractivity contribution is 5.81. The summed E-state index contributed by atoms with van der Waals surface area (Å²) in [6, 6.07) is 6.95. The lowest BCUT2D eigenvalue weighted by Crippen LogP contribution is -2.41. The predicted molar refractivity (Wildman–Crippen MR) is 81.1 cm³/mol. The smallest absolute Gasteiger partial charge is 0.192 e. The maximum atomic E-state index is 6.18. The van der Waals surface area contributed by atoms with Crippen LogP contribution in [0.5, 0.6) is 5.75 Å². The Hall–Kier alpha value is -1.71. The molecule has 1 aromatic carbocycles. The van der Waals surface area contributed by atoms with Crippen LogP contribution in [0.3, 0.4) is 0 Å². The molecule has 0 saturated heterocycles. The zero-order valence-electron chi connectivity index (χ0n) is 12.7. The van der Waals surface area contributed by atoms with Gasteiger partial charge < -0.3 is 15.4 Å². The molecule has 0 fully saturated rings. The summed E-state index contributed by atoms with van der Waals surface area (Å²) in [4.78, 5) is 6.61. The Morgan fingerprint density at radius 3 is 2.85 bits per heavy atom. The number of nitrogens with two attached hydrogens (primary N) is 1. The molecule has 2 aliphatic rings. The van der Waals surface area contributed by atoms with Gasteiger partial charge in [-0.2, -0.15) is 0 Å². The summed E-state index contributed by atoms with van der Waals surface area (Å²) in [6.45, 7) is 9.28. The molecule has 4 nitrogen and oxygen atoms in total. The Labute approximate surface area is 120 Å². The zero-order chi connectivity index (χ0) is 14.5. The van der Waals surface area contributed by atoms with Crippen LogP contribution in [0, 0.1) is 0 Å². The average Bonchev–Trinajstić information content (AvgIpc) is 2.86. The molecule has 0 spiro atoms. The average molecular weight is 273 g/mol. The second-order valence-corrected chi connectivity index (χ2v) is 6.59. The first-order valence-corrected chi connectivity index (χ1v) is 7.28. The van der Waals surface area contributed by atoms with E-state index >= 15 is 0 Å². The summed E-state index contributed by atoms with van der Waals surface area (Å²) in [5.41, 5.74) is 8.43. The van der Waals surface area contributed by atoms with Crippen LogP contribution in [0.1, 0.15) is 44.9 Å². The quantitative estimate of drug-likeness (QED) is 0.900. The monoisotopic (exact) mass is 273 g/mol. The van der Waals surface area contributed by atoms with E-state index in [1.165, 1.54) is 11.1 Å². The number of ether oxygens (including phenoxy) is 1. The lowest BCUT2D eigenvalue weighted by molar-refractivity contribution is 0.135. The molecule has 0 amide bonds. The number of hydrogen-bond acceptors (Lipinski definition) is 4. The molecule has 2 N–H and O–H groups in total. The molecule has 1 aromatic rings. The van der Waals surface area contributed by atoms with Crippen molar-refractivity contribution in [2.75, 3.05) is 6.54 Å². The van der Waals surface area contributed by atoms with E-state index in [-0.39, 0.29) is 11.6 Å². The van der Waals surface area contributed by atoms with E-state index in [1.807, 2.05) is 0 Å². The van der Waals surface area contributed by atoms with Gasteiger partial charge in [0.05, 0.1) is 12.6 Å². The third kappa shape index (κ3) is 2.03. The Bertz CT molecular complexity index is 563. The Morgan fingerprint density at radius 2 is 2.15 bits per heavy atom. The molecular formula is C16H23N3O. The summed E-state index contributed by atoms with van der Waals surface area (Å²) in [5.74, 6) is 1.68. The maximum Gasteiger partial charge on any atom is 0.192 e. The van der Waals surface area contributed by atoms with Crippen molar-refractivity contribution >= 4 is 5.96 Å². The Kier molecular flexibility index (Phi) is 2.92. The molecule has 4 heteroatoms. The van der Waals surface area contributed by atoms with Crippen LogP contribution in [0.25, 0.3) is 0 Å². The highest BCUT2D eigenvalue weighted by Gasteiger charge is 2.37. The fourth-order valence-electron chi connectivity index (χ4n) is 3.28. The van der Waals surface area contributed by atoms with E-state index in [2.05, 4.69) is 55.8 Å². The molecule has 1 unspecified atom stereocenters. The van der Waals surface area contributed by atoms with Crippen molar-refractivity contribution < 1.29 is 4.74 Å². The molecular weight excluding hydrogens is 250 g/mol. The lowest BCUT2D eigenvalue weighted by Gasteiger charge is -2.31. The predicted octanol–water partition coefficient (Wildman–Crippen LogP) is 2.48. The summed E-state index contributed by atoms with van der Waals surface area (Å²) in [6.07, 6.45) is 0.959. The van der Waals surface area contributed by atoms with Gasteiger partial charge in [0.1, 0.15) is 11.4 Å². The number of guanidine groups is 1. The third-order valence-corrected chi connectivity index (χ3v) is 4.06. The summed E-state index contributed by atoms with van der Waals surface area (Å²) >= 11 is 0. The number of para-hydroxylation sites is 1. The minimum absolute atomic E-state index is 0.119.